The van der Waals surface area contributed by atoms with Crippen molar-refractivity contribution < 1.29 is 0 Å². The van der Waals surface area contributed by atoms with Crippen molar-refractivity contribution in [2.24, 2.45) is 0 Å². The van der Waals surface area contributed by atoms with Crippen LogP contribution in [0.4, 0.5) is 0 Å². The molecular formula is C15H22ClNS. The van der Waals surface area contributed by atoms with Crippen LogP contribution in [-0.2, 0) is 0 Å². The first-order valence-electron chi connectivity index (χ1n) is 6.73. The molecule has 1 unspecified atom stereocenters. The van der Waals surface area contributed by atoms with Crippen LogP contribution in [0.15, 0.2) is 24.3 Å². The van der Waals surface area contributed by atoms with Gasteiger partial charge in [-0.2, -0.15) is 11.8 Å². The smallest absolute Gasteiger partial charge is 0.0406 e. The van der Waals surface area contributed by atoms with Crippen LogP contribution in [0.25, 0.3) is 0 Å². The molecule has 1 aromatic rings. The predicted molar refractivity (Wildman–Crippen MR) is 82.6 cm³/mol. The minimum absolute atomic E-state index is 0.415. The molecule has 0 bridgehead atoms. The van der Waals surface area contributed by atoms with Gasteiger partial charge in [0.2, 0.25) is 0 Å². The van der Waals surface area contributed by atoms with Gasteiger partial charge in [0.1, 0.15) is 0 Å². The van der Waals surface area contributed by atoms with Crippen molar-refractivity contribution in [1.29, 1.82) is 0 Å². The lowest BCUT2D eigenvalue weighted by Gasteiger charge is -2.30. The van der Waals surface area contributed by atoms with E-state index >= 15 is 0 Å². The van der Waals surface area contributed by atoms with Crippen molar-refractivity contribution in [2.75, 3.05) is 6.26 Å². The molecule has 1 aromatic carbocycles. The predicted octanol–water partition coefficient (Wildman–Crippen LogP) is 4.66. The van der Waals surface area contributed by atoms with Gasteiger partial charge in [-0.3, -0.25) is 0 Å². The number of hydrogen-bond acceptors (Lipinski definition) is 2. The summed E-state index contributed by atoms with van der Waals surface area (Å²) in [5, 5.41) is 5.44. The summed E-state index contributed by atoms with van der Waals surface area (Å²) < 4.78 is 0. The molecule has 100 valence electrons. The van der Waals surface area contributed by atoms with Crippen molar-refractivity contribution in [3.8, 4) is 0 Å². The van der Waals surface area contributed by atoms with E-state index in [0.717, 1.165) is 10.3 Å². The lowest BCUT2D eigenvalue weighted by Crippen LogP contribution is -2.35. The van der Waals surface area contributed by atoms with Crippen molar-refractivity contribution in [3.05, 3.63) is 34.9 Å². The van der Waals surface area contributed by atoms with E-state index in [4.69, 9.17) is 11.6 Å². The van der Waals surface area contributed by atoms with E-state index in [1.54, 1.807) is 0 Å². The fraction of sp³-hybridized carbons (Fsp3) is 0.600. The van der Waals surface area contributed by atoms with Gasteiger partial charge < -0.3 is 5.32 Å². The maximum absolute atomic E-state index is 5.92. The van der Waals surface area contributed by atoms with Gasteiger partial charge in [-0.25, -0.2) is 0 Å². The second-order valence-corrected chi connectivity index (χ2v) is 6.72. The van der Waals surface area contributed by atoms with Crippen LogP contribution in [0.2, 0.25) is 5.02 Å². The topological polar surface area (TPSA) is 12.0 Å². The van der Waals surface area contributed by atoms with Crippen molar-refractivity contribution in [3.63, 3.8) is 0 Å². The molecule has 0 amide bonds. The Balaban J connectivity index is 1.84. The van der Waals surface area contributed by atoms with E-state index in [1.807, 2.05) is 23.9 Å². The first kappa shape index (κ1) is 14.2. The average Bonchev–Trinajstić information content (AvgIpc) is 2.40. The second kappa shape index (κ2) is 6.83. The third kappa shape index (κ3) is 3.91. The summed E-state index contributed by atoms with van der Waals surface area (Å²) in [4.78, 5) is 0. The van der Waals surface area contributed by atoms with Crippen LogP contribution >= 0.6 is 23.4 Å². The van der Waals surface area contributed by atoms with Crippen molar-refractivity contribution in [1.82, 2.24) is 5.32 Å². The van der Waals surface area contributed by atoms with Gasteiger partial charge >= 0.3 is 0 Å². The quantitative estimate of drug-likeness (QED) is 0.862. The van der Waals surface area contributed by atoms with Gasteiger partial charge in [0.05, 0.1) is 0 Å². The van der Waals surface area contributed by atoms with Gasteiger partial charge in [0.25, 0.3) is 0 Å². The average molecular weight is 284 g/mol. The highest BCUT2D eigenvalue weighted by atomic mass is 35.5. The van der Waals surface area contributed by atoms with E-state index in [0.29, 0.717) is 12.1 Å². The number of hydrogen-bond donors (Lipinski definition) is 1. The zero-order valence-electron chi connectivity index (χ0n) is 11.2. The first-order valence-corrected chi connectivity index (χ1v) is 8.40. The van der Waals surface area contributed by atoms with Crippen LogP contribution in [0.5, 0.6) is 0 Å². The molecule has 1 atom stereocenters. The number of nitrogens with one attached hydrogen (secondary N) is 1. The molecule has 0 aliphatic heterocycles. The molecule has 0 aromatic heterocycles. The molecule has 0 saturated heterocycles. The summed E-state index contributed by atoms with van der Waals surface area (Å²) in [6.07, 6.45) is 7.56. The molecule has 0 spiro atoms. The van der Waals surface area contributed by atoms with Crippen molar-refractivity contribution >= 4 is 23.4 Å². The molecule has 1 nitrogen and oxygen atoms in total. The third-order valence-electron chi connectivity index (χ3n) is 3.86. The zero-order valence-corrected chi connectivity index (χ0v) is 12.7. The fourth-order valence-electron chi connectivity index (χ4n) is 2.67. The Labute approximate surface area is 120 Å². The van der Waals surface area contributed by atoms with E-state index in [9.17, 15) is 0 Å². The Hall–Kier alpha value is -0.180. The van der Waals surface area contributed by atoms with E-state index in [1.165, 1.54) is 31.2 Å². The number of halogens is 1. The fourth-order valence-corrected chi connectivity index (χ4v) is 3.54. The molecule has 1 saturated carbocycles. The van der Waals surface area contributed by atoms with Gasteiger partial charge in [-0.05, 0) is 56.6 Å². The Morgan fingerprint density at radius 2 is 1.78 bits per heavy atom. The highest BCUT2D eigenvalue weighted by Gasteiger charge is 2.21. The Kier molecular flexibility index (Phi) is 5.40. The molecule has 1 N–H and O–H groups in total. The molecule has 1 aliphatic carbocycles. The van der Waals surface area contributed by atoms with Crippen LogP contribution in [-0.4, -0.2) is 17.5 Å². The minimum Gasteiger partial charge on any atom is -0.307 e. The zero-order chi connectivity index (χ0) is 13.0. The molecule has 1 aliphatic rings. The van der Waals surface area contributed by atoms with Gasteiger partial charge in [-0.15, -0.1) is 0 Å². The van der Waals surface area contributed by atoms with Gasteiger partial charge in [-0.1, -0.05) is 23.7 Å². The largest absolute Gasteiger partial charge is 0.307 e. The van der Waals surface area contributed by atoms with E-state index < -0.39 is 0 Å². The van der Waals surface area contributed by atoms with Crippen LogP contribution < -0.4 is 5.32 Å². The number of thioether (sulfide) groups is 1. The highest BCUT2D eigenvalue weighted by molar-refractivity contribution is 7.99. The van der Waals surface area contributed by atoms with Crippen LogP contribution in [0.3, 0.4) is 0 Å². The number of benzene rings is 1. The normalized spacial score (nSPS) is 25.9. The van der Waals surface area contributed by atoms with Crippen molar-refractivity contribution in [2.45, 2.75) is 49.9 Å². The summed E-state index contributed by atoms with van der Waals surface area (Å²) in [6.45, 7) is 2.24. The molecule has 0 heterocycles. The van der Waals surface area contributed by atoms with E-state index in [-0.39, 0.29) is 0 Å². The third-order valence-corrected chi connectivity index (χ3v) is 5.25. The number of rotatable bonds is 4. The van der Waals surface area contributed by atoms with Gasteiger partial charge in [0, 0.05) is 22.4 Å². The lowest BCUT2D eigenvalue weighted by molar-refractivity contribution is 0.352. The highest BCUT2D eigenvalue weighted by Crippen LogP contribution is 2.28. The summed E-state index contributed by atoms with van der Waals surface area (Å²) >= 11 is 7.94. The first-order chi connectivity index (χ1) is 8.69. The van der Waals surface area contributed by atoms with Crippen LogP contribution in [0, 0.1) is 0 Å². The maximum Gasteiger partial charge on any atom is 0.0406 e. The molecular weight excluding hydrogens is 262 g/mol. The summed E-state index contributed by atoms with van der Waals surface area (Å²) in [6, 6.07) is 9.28. The summed E-state index contributed by atoms with van der Waals surface area (Å²) in [7, 11) is 0. The Morgan fingerprint density at radius 3 is 2.33 bits per heavy atom. The molecule has 3 heteroatoms. The monoisotopic (exact) mass is 283 g/mol. The van der Waals surface area contributed by atoms with Gasteiger partial charge in [0.15, 0.2) is 0 Å². The molecule has 1 fully saturated rings. The SMILES string of the molecule is CSC1CCC(NC(C)c2ccc(Cl)cc2)CC1. The lowest BCUT2D eigenvalue weighted by atomic mass is 9.94. The molecule has 2 rings (SSSR count). The summed E-state index contributed by atoms with van der Waals surface area (Å²) in [5.74, 6) is 0. The molecule has 0 radical (unpaired) electrons. The van der Waals surface area contributed by atoms with E-state index in [2.05, 4.69) is 30.6 Å². The Bertz CT molecular complexity index is 357. The minimum atomic E-state index is 0.415. The standard InChI is InChI=1S/C15H22ClNS/c1-11(12-3-5-13(16)6-4-12)17-14-7-9-15(18-2)10-8-14/h3-6,11,14-15,17H,7-10H2,1-2H3. The second-order valence-electron chi connectivity index (χ2n) is 5.15. The molecule has 18 heavy (non-hydrogen) atoms. The Morgan fingerprint density at radius 1 is 1.17 bits per heavy atom. The summed E-state index contributed by atoms with van der Waals surface area (Å²) in [5.41, 5.74) is 1.33. The maximum atomic E-state index is 5.92. The van der Waals surface area contributed by atoms with Crippen LogP contribution in [0.1, 0.15) is 44.2 Å².